The van der Waals surface area contributed by atoms with Crippen LogP contribution in [-0.2, 0) is 4.79 Å². The molecule has 2 atom stereocenters. The van der Waals surface area contributed by atoms with Crippen molar-refractivity contribution in [3.05, 3.63) is 48.6 Å². The van der Waals surface area contributed by atoms with E-state index in [1.54, 1.807) is 6.08 Å². The fourth-order valence-electron chi connectivity index (χ4n) is 6.38. The van der Waals surface area contributed by atoms with E-state index in [1.165, 1.54) is 148 Å². The summed E-state index contributed by atoms with van der Waals surface area (Å²) in [4.78, 5) is 12.3. The van der Waals surface area contributed by atoms with Crippen LogP contribution < -0.4 is 5.32 Å². The van der Waals surface area contributed by atoms with E-state index in [9.17, 15) is 15.0 Å². The predicted molar refractivity (Wildman–Crippen MR) is 221 cm³/mol. The number of nitrogens with one attached hydrogen (secondary N) is 1. The van der Waals surface area contributed by atoms with E-state index in [-0.39, 0.29) is 12.5 Å². The molecule has 1 amide bonds. The molecule has 2 unspecified atom stereocenters. The summed E-state index contributed by atoms with van der Waals surface area (Å²) in [5, 5.41) is 22.9. The van der Waals surface area contributed by atoms with E-state index in [0.29, 0.717) is 6.42 Å². The number of aliphatic hydroxyl groups excluding tert-OH is 2. The summed E-state index contributed by atoms with van der Waals surface area (Å²) >= 11 is 0. The molecular weight excluding hydrogens is 615 g/mol. The number of rotatable bonds is 39. The van der Waals surface area contributed by atoms with E-state index < -0.39 is 12.1 Å². The molecule has 0 spiro atoms. The molecule has 50 heavy (non-hydrogen) atoms. The Bertz CT molecular complexity index is 801. The van der Waals surface area contributed by atoms with Crippen LogP contribution in [0.4, 0.5) is 0 Å². The van der Waals surface area contributed by atoms with Crippen molar-refractivity contribution in [2.75, 3.05) is 6.61 Å². The maximum atomic E-state index is 12.3. The van der Waals surface area contributed by atoms with Crippen molar-refractivity contribution >= 4 is 5.91 Å². The fourth-order valence-corrected chi connectivity index (χ4v) is 6.38. The number of unbranched alkanes of at least 4 members (excludes halogenated alkanes) is 26. The van der Waals surface area contributed by atoms with Gasteiger partial charge in [-0.15, -0.1) is 0 Å². The summed E-state index contributed by atoms with van der Waals surface area (Å²) in [5.41, 5.74) is 0. The highest BCUT2D eigenvalue weighted by Crippen LogP contribution is 2.14. The minimum absolute atomic E-state index is 0.0893. The maximum Gasteiger partial charge on any atom is 0.220 e. The Balaban J connectivity index is 3.62. The molecular formula is C46H85NO3. The van der Waals surface area contributed by atoms with Gasteiger partial charge in [0.05, 0.1) is 18.8 Å². The van der Waals surface area contributed by atoms with E-state index in [0.717, 1.165) is 51.4 Å². The molecule has 0 aliphatic rings. The van der Waals surface area contributed by atoms with Crippen LogP contribution in [0.25, 0.3) is 0 Å². The highest BCUT2D eigenvalue weighted by molar-refractivity contribution is 5.76. The molecule has 0 aliphatic heterocycles. The molecule has 0 rings (SSSR count). The maximum absolute atomic E-state index is 12.3. The van der Waals surface area contributed by atoms with Crippen molar-refractivity contribution in [3.63, 3.8) is 0 Å². The molecule has 0 fully saturated rings. The van der Waals surface area contributed by atoms with Crippen molar-refractivity contribution in [2.24, 2.45) is 0 Å². The first-order chi connectivity index (χ1) is 24.7. The molecule has 4 nitrogen and oxygen atoms in total. The second kappa shape index (κ2) is 41.8. The normalized spacial score (nSPS) is 13.4. The van der Waals surface area contributed by atoms with Gasteiger partial charge in [-0.05, 0) is 70.6 Å². The van der Waals surface area contributed by atoms with Gasteiger partial charge in [-0.3, -0.25) is 4.79 Å². The molecule has 0 aliphatic carbocycles. The van der Waals surface area contributed by atoms with E-state index in [1.807, 2.05) is 6.08 Å². The van der Waals surface area contributed by atoms with Gasteiger partial charge in [-0.1, -0.05) is 191 Å². The second-order valence-corrected chi connectivity index (χ2v) is 14.7. The Labute approximate surface area is 312 Å². The van der Waals surface area contributed by atoms with Gasteiger partial charge in [0.1, 0.15) is 0 Å². The van der Waals surface area contributed by atoms with Crippen LogP contribution in [0.3, 0.4) is 0 Å². The van der Waals surface area contributed by atoms with Crippen LogP contribution in [0.5, 0.6) is 0 Å². The van der Waals surface area contributed by atoms with Gasteiger partial charge in [-0.2, -0.15) is 0 Å². The highest BCUT2D eigenvalue weighted by Gasteiger charge is 2.17. The first-order valence-corrected chi connectivity index (χ1v) is 21.9. The molecule has 292 valence electrons. The molecule has 0 saturated carbocycles. The molecule has 3 N–H and O–H groups in total. The molecule has 4 heteroatoms. The highest BCUT2D eigenvalue weighted by atomic mass is 16.3. The minimum Gasteiger partial charge on any atom is -0.394 e. The second-order valence-electron chi connectivity index (χ2n) is 14.7. The molecule has 0 aromatic carbocycles. The number of aliphatic hydroxyl groups is 2. The van der Waals surface area contributed by atoms with Gasteiger partial charge in [0.25, 0.3) is 0 Å². The number of hydrogen-bond donors (Lipinski definition) is 3. The summed E-state index contributed by atoms with van der Waals surface area (Å²) < 4.78 is 0. The largest absolute Gasteiger partial charge is 0.394 e. The van der Waals surface area contributed by atoms with E-state index in [2.05, 4.69) is 55.6 Å². The van der Waals surface area contributed by atoms with Crippen molar-refractivity contribution in [1.82, 2.24) is 5.32 Å². The third kappa shape index (κ3) is 37.6. The van der Waals surface area contributed by atoms with Crippen LogP contribution in [0.1, 0.15) is 219 Å². The first-order valence-electron chi connectivity index (χ1n) is 21.9. The fraction of sp³-hybridized carbons (Fsp3) is 0.804. The molecule has 0 aromatic rings. The summed E-state index contributed by atoms with van der Waals surface area (Å²) in [6, 6.07) is -0.649. The lowest BCUT2D eigenvalue weighted by molar-refractivity contribution is -0.123. The van der Waals surface area contributed by atoms with Crippen LogP contribution in [0, 0.1) is 0 Å². The van der Waals surface area contributed by atoms with Crippen LogP contribution in [-0.4, -0.2) is 34.9 Å². The Morgan fingerprint density at radius 3 is 1.20 bits per heavy atom. The zero-order chi connectivity index (χ0) is 36.4. The molecule has 0 radical (unpaired) electrons. The summed E-state index contributed by atoms with van der Waals surface area (Å²) in [6.07, 6.45) is 56.6. The lowest BCUT2D eigenvalue weighted by Gasteiger charge is -2.19. The molecule has 0 heterocycles. The van der Waals surface area contributed by atoms with Crippen molar-refractivity contribution in [2.45, 2.75) is 231 Å². The van der Waals surface area contributed by atoms with E-state index in [4.69, 9.17) is 0 Å². The molecule has 0 bridgehead atoms. The summed E-state index contributed by atoms with van der Waals surface area (Å²) in [5.74, 6) is -0.0893. The monoisotopic (exact) mass is 700 g/mol. The average Bonchev–Trinajstić information content (AvgIpc) is 3.12. The third-order valence-corrected chi connectivity index (χ3v) is 9.76. The van der Waals surface area contributed by atoms with Crippen molar-refractivity contribution in [1.29, 1.82) is 0 Å². The van der Waals surface area contributed by atoms with E-state index >= 15 is 0 Å². The Morgan fingerprint density at radius 1 is 0.460 bits per heavy atom. The zero-order valence-corrected chi connectivity index (χ0v) is 33.4. The van der Waals surface area contributed by atoms with Crippen molar-refractivity contribution in [3.8, 4) is 0 Å². The van der Waals surface area contributed by atoms with Gasteiger partial charge >= 0.3 is 0 Å². The van der Waals surface area contributed by atoms with Crippen LogP contribution in [0.15, 0.2) is 48.6 Å². The van der Waals surface area contributed by atoms with Crippen LogP contribution >= 0.6 is 0 Å². The number of carbonyl (C=O) groups excluding carboxylic acids is 1. The van der Waals surface area contributed by atoms with Crippen LogP contribution in [0.2, 0.25) is 0 Å². The average molecular weight is 700 g/mol. The van der Waals surface area contributed by atoms with Gasteiger partial charge < -0.3 is 15.5 Å². The van der Waals surface area contributed by atoms with Gasteiger partial charge in [0.15, 0.2) is 0 Å². The molecule has 0 saturated heterocycles. The predicted octanol–water partition coefficient (Wildman–Crippen LogP) is 13.6. The standard InChI is InChI=1S/C46H85NO3/c1-3-5-7-9-11-13-15-17-18-19-20-21-22-23-24-25-26-27-28-29-30-31-33-35-37-39-41-45(49)44(43-48)47-46(50)42-40-38-36-34-32-16-14-12-10-8-6-4-2/h12,14,27-28,31,33,39,41,44-45,48-49H,3-11,13,15-26,29-30,32,34-38,40,42-43H2,1-2H3,(H,47,50)/b14-12-,28-27+,33-31+,41-39+. The lowest BCUT2D eigenvalue weighted by atomic mass is 10.0. The third-order valence-electron chi connectivity index (χ3n) is 9.76. The quantitative estimate of drug-likeness (QED) is 0.0442. The smallest absolute Gasteiger partial charge is 0.220 e. The zero-order valence-electron chi connectivity index (χ0n) is 33.4. The first kappa shape index (κ1) is 48.3. The Kier molecular flexibility index (Phi) is 40.4. The Hall–Kier alpha value is -1.65. The SMILES string of the molecule is CCCCC/C=C\CCCCCCCC(=O)NC(CO)C(O)/C=C/CC/C=C/CC/C=C/CCCCCCCCCCCCCCCCCC. The topological polar surface area (TPSA) is 69.6 Å². The van der Waals surface area contributed by atoms with Gasteiger partial charge in [0, 0.05) is 6.42 Å². The summed E-state index contributed by atoms with van der Waals surface area (Å²) in [6.45, 7) is 4.26. The Morgan fingerprint density at radius 2 is 0.780 bits per heavy atom. The molecule has 0 aromatic heterocycles. The van der Waals surface area contributed by atoms with Crippen molar-refractivity contribution < 1.29 is 15.0 Å². The summed E-state index contributed by atoms with van der Waals surface area (Å²) in [7, 11) is 0. The lowest BCUT2D eigenvalue weighted by Crippen LogP contribution is -2.45. The van der Waals surface area contributed by atoms with Gasteiger partial charge in [0.2, 0.25) is 5.91 Å². The number of amides is 1. The number of hydrogen-bond acceptors (Lipinski definition) is 3. The number of allylic oxidation sites excluding steroid dienone is 7. The number of carbonyl (C=O) groups is 1. The van der Waals surface area contributed by atoms with Gasteiger partial charge in [-0.25, -0.2) is 0 Å². The minimum atomic E-state index is -0.873.